The highest BCUT2D eigenvalue weighted by molar-refractivity contribution is 5.97. The number of benzene rings is 2. The molecule has 0 bridgehead atoms. The lowest BCUT2D eigenvalue weighted by Gasteiger charge is -2.21. The van der Waals surface area contributed by atoms with Crippen molar-refractivity contribution in [2.24, 2.45) is 17.4 Å². The highest BCUT2D eigenvalue weighted by Gasteiger charge is 2.27. The Morgan fingerprint density at radius 3 is 2.60 bits per heavy atom. The van der Waals surface area contributed by atoms with Crippen LogP contribution in [0.3, 0.4) is 0 Å². The van der Waals surface area contributed by atoms with Crippen LogP contribution in [0.15, 0.2) is 36.4 Å². The standard InChI is InChI=1S/C16H19N3O/c17-9-11-5-6-15(14-4-2-1-3-13(11)14)19-8-7-12(10-19)16(18)20/h1-6,12H,7-10,17H2,(H2,18,20). The fourth-order valence-corrected chi connectivity index (χ4v) is 3.01. The van der Waals surface area contributed by atoms with Crippen LogP contribution in [-0.4, -0.2) is 19.0 Å². The molecule has 1 atom stereocenters. The lowest BCUT2D eigenvalue weighted by Crippen LogP contribution is -2.27. The van der Waals surface area contributed by atoms with Crippen LogP contribution in [0.5, 0.6) is 0 Å². The largest absolute Gasteiger partial charge is 0.370 e. The molecule has 3 rings (SSSR count). The van der Waals surface area contributed by atoms with Crippen LogP contribution in [-0.2, 0) is 11.3 Å². The first-order valence-electron chi connectivity index (χ1n) is 6.95. The molecule has 4 nitrogen and oxygen atoms in total. The fourth-order valence-electron chi connectivity index (χ4n) is 3.01. The maximum atomic E-state index is 11.3. The van der Waals surface area contributed by atoms with Crippen molar-refractivity contribution in [2.45, 2.75) is 13.0 Å². The maximum Gasteiger partial charge on any atom is 0.222 e. The molecule has 2 aromatic carbocycles. The third kappa shape index (κ3) is 2.12. The summed E-state index contributed by atoms with van der Waals surface area (Å²) in [6.45, 7) is 2.12. The Labute approximate surface area is 118 Å². The summed E-state index contributed by atoms with van der Waals surface area (Å²) in [6, 6.07) is 12.5. The molecule has 1 saturated heterocycles. The van der Waals surface area contributed by atoms with Crippen molar-refractivity contribution in [2.75, 3.05) is 18.0 Å². The number of primary amides is 1. The van der Waals surface area contributed by atoms with E-state index < -0.39 is 0 Å². The monoisotopic (exact) mass is 269 g/mol. The minimum absolute atomic E-state index is 0.0389. The van der Waals surface area contributed by atoms with E-state index >= 15 is 0 Å². The van der Waals surface area contributed by atoms with E-state index in [0.29, 0.717) is 13.1 Å². The minimum Gasteiger partial charge on any atom is -0.370 e. The second-order valence-corrected chi connectivity index (χ2v) is 5.33. The lowest BCUT2D eigenvalue weighted by atomic mass is 10.0. The van der Waals surface area contributed by atoms with Crippen molar-refractivity contribution in [3.63, 3.8) is 0 Å². The van der Waals surface area contributed by atoms with Crippen LogP contribution >= 0.6 is 0 Å². The zero-order valence-corrected chi connectivity index (χ0v) is 11.4. The lowest BCUT2D eigenvalue weighted by molar-refractivity contribution is -0.121. The number of amides is 1. The third-order valence-electron chi connectivity index (χ3n) is 4.14. The molecule has 0 saturated carbocycles. The van der Waals surface area contributed by atoms with E-state index in [-0.39, 0.29) is 11.8 Å². The topological polar surface area (TPSA) is 72.3 Å². The van der Waals surface area contributed by atoms with Crippen LogP contribution in [0.1, 0.15) is 12.0 Å². The average Bonchev–Trinajstić information content (AvgIpc) is 2.96. The van der Waals surface area contributed by atoms with E-state index in [2.05, 4.69) is 29.2 Å². The van der Waals surface area contributed by atoms with Gasteiger partial charge in [-0.05, 0) is 23.4 Å². The van der Waals surface area contributed by atoms with Crippen LogP contribution in [0.4, 0.5) is 5.69 Å². The number of carbonyl (C=O) groups is 1. The summed E-state index contributed by atoms with van der Waals surface area (Å²) in [4.78, 5) is 13.6. The summed E-state index contributed by atoms with van der Waals surface area (Å²) in [7, 11) is 0. The SMILES string of the molecule is NCc1ccc(N2CCC(C(N)=O)C2)c2ccccc12. The molecule has 1 aliphatic rings. The van der Waals surface area contributed by atoms with Gasteiger partial charge in [-0.3, -0.25) is 4.79 Å². The number of anilines is 1. The Morgan fingerprint density at radius 2 is 1.95 bits per heavy atom. The first-order valence-corrected chi connectivity index (χ1v) is 6.95. The van der Waals surface area contributed by atoms with Gasteiger partial charge in [-0.2, -0.15) is 0 Å². The van der Waals surface area contributed by atoms with Gasteiger partial charge in [-0.15, -0.1) is 0 Å². The van der Waals surface area contributed by atoms with Gasteiger partial charge in [0.15, 0.2) is 0 Å². The van der Waals surface area contributed by atoms with Gasteiger partial charge in [0.25, 0.3) is 0 Å². The van der Waals surface area contributed by atoms with E-state index in [1.165, 1.54) is 16.5 Å². The van der Waals surface area contributed by atoms with Crippen molar-refractivity contribution in [3.8, 4) is 0 Å². The van der Waals surface area contributed by atoms with Gasteiger partial charge in [0.2, 0.25) is 5.91 Å². The van der Waals surface area contributed by atoms with Gasteiger partial charge in [-0.1, -0.05) is 30.3 Å². The van der Waals surface area contributed by atoms with Gasteiger partial charge in [-0.25, -0.2) is 0 Å². The molecule has 1 amide bonds. The van der Waals surface area contributed by atoms with Crippen molar-refractivity contribution in [3.05, 3.63) is 42.0 Å². The van der Waals surface area contributed by atoms with Crippen LogP contribution in [0.2, 0.25) is 0 Å². The summed E-state index contributed by atoms with van der Waals surface area (Å²) < 4.78 is 0. The third-order valence-corrected chi connectivity index (χ3v) is 4.14. The number of fused-ring (bicyclic) bond motifs is 1. The smallest absolute Gasteiger partial charge is 0.222 e. The number of nitrogens with two attached hydrogens (primary N) is 2. The minimum atomic E-state index is -0.199. The first kappa shape index (κ1) is 12.9. The second kappa shape index (κ2) is 5.13. The number of nitrogens with zero attached hydrogens (tertiary/aromatic N) is 1. The van der Waals surface area contributed by atoms with Crippen molar-refractivity contribution in [1.29, 1.82) is 0 Å². The summed E-state index contributed by atoms with van der Waals surface area (Å²) in [5, 5.41) is 2.38. The molecular weight excluding hydrogens is 250 g/mol. The molecule has 0 radical (unpaired) electrons. The van der Waals surface area contributed by atoms with Crippen molar-refractivity contribution >= 4 is 22.4 Å². The predicted octanol–water partition coefficient (Wildman–Crippen LogP) is 1.61. The molecule has 1 fully saturated rings. The van der Waals surface area contributed by atoms with E-state index in [1.807, 2.05) is 12.1 Å². The molecule has 20 heavy (non-hydrogen) atoms. The molecule has 1 heterocycles. The van der Waals surface area contributed by atoms with Crippen LogP contribution in [0.25, 0.3) is 10.8 Å². The molecule has 1 unspecified atom stereocenters. The Bertz CT molecular complexity index is 653. The predicted molar refractivity (Wildman–Crippen MR) is 81.4 cm³/mol. The van der Waals surface area contributed by atoms with Crippen molar-refractivity contribution in [1.82, 2.24) is 0 Å². The van der Waals surface area contributed by atoms with Gasteiger partial charge >= 0.3 is 0 Å². The van der Waals surface area contributed by atoms with Gasteiger partial charge in [0.1, 0.15) is 0 Å². The molecule has 4 N–H and O–H groups in total. The van der Waals surface area contributed by atoms with Crippen LogP contribution < -0.4 is 16.4 Å². The highest BCUT2D eigenvalue weighted by atomic mass is 16.1. The summed E-state index contributed by atoms with van der Waals surface area (Å²) in [5.41, 5.74) is 13.5. The second-order valence-electron chi connectivity index (χ2n) is 5.33. The van der Waals surface area contributed by atoms with Gasteiger partial charge in [0.05, 0.1) is 5.92 Å². The fraction of sp³-hybridized carbons (Fsp3) is 0.312. The normalized spacial score (nSPS) is 18.6. The Kier molecular flexibility index (Phi) is 3.32. The summed E-state index contributed by atoms with van der Waals surface area (Å²) in [6.07, 6.45) is 0.836. The molecule has 2 aromatic rings. The highest BCUT2D eigenvalue weighted by Crippen LogP contribution is 2.32. The quantitative estimate of drug-likeness (QED) is 0.889. The summed E-state index contributed by atoms with van der Waals surface area (Å²) >= 11 is 0. The molecule has 0 aliphatic carbocycles. The average molecular weight is 269 g/mol. The van der Waals surface area contributed by atoms with E-state index in [1.54, 1.807) is 0 Å². The van der Waals surface area contributed by atoms with Crippen molar-refractivity contribution < 1.29 is 4.79 Å². The van der Waals surface area contributed by atoms with Gasteiger partial charge < -0.3 is 16.4 Å². The maximum absolute atomic E-state index is 11.3. The molecule has 0 spiro atoms. The van der Waals surface area contributed by atoms with Crippen LogP contribution in [0, 0.1) is 5.92 Å². The Balaban J connectivity index is 2.03. The number of carbonyl (C=O) groups excluding carboxylic acids is 1. The molecule has 104 valence electrons. The first-order chi connectivity index (χ1) is 9.70. The van der Waals surface area contributed by atoms with E-state index in [0.717, 1.165) is 18.5 Å². The molecule has 0 aromatic heterocycles. The van der Waals surface area contributed by atoms with E-state index in [4.69, 9.17) is 11.5 Å². The Morgan fingerprint density at radius 1 is 1.20 bits per heavy atom. The molecule has 1 aliphatic heterocycles. The number of hydrogen-bond acceptors (Lipinski definition) is 3. The Hall–Kier alpha value is -2.07. The number of rotatable bonds is 3. The molecule has 4 heteroatoms. The van der Waals surface area contributed by atoms with Gasteiger partial charge in [0, 0.05) is 30.7 Å². The summed E-state index contributed by atoms with van der Waals surface area (Å²) in [5.74, 6) is -0.238. The zero-order chi connectivity index (χ0) is 14.1. The zero-order valence-electron chi connectivity index (χ0n) is 11.4. The van der Waals surface area contributed by atoms with E-state index in [9.17, 15) is 4.79 Å². The molecular formula is C16H19N3O. The number of hydrogen-bond donors (Lipinski definition) is 2.